The van der Waals surface area contributed by atoms with Gasteiger partial charge in [0.2, 0.25) is 0 Å². The first-order chi connectivity index (χ1) is 14.5. The van der Waals surface area contributed by atoms with Gasteiger partial charge in [-0.3, -0.25) is 19.2 Å². The number of benzene rings is 1. The topological polar surface area (TPSA) is 200 Å². The van der Waals surface area contributed by atoms with E-state index in [1.807, 2.05) is 0 Å². The lowest BCUT2D eigenvalue weighted by Crippen LogP contribution is -2.34. The Hall–Kier alpha value is -2.74. The molecule has 3 rings (SSSR count). The van der Waals surface area contributed by atoms with Crippen LogP contribution in [-0.2, 0) is 20.2 Å². The number of alkyl halides is 1. The number of nitrogen functional groups attached to an aromatic ring is 1. The number of aromatic nitrogens is 2. The summed E-state index contributed by atoms with van der Waals surface area (Å²) in [6.07, 6.45) is -5.75. The number of aliphatic hydroxyl groups is 1. The van der Waals surface area contributed by atoms with Crippen LogP contribution in [0.25, 0.3) is 0 Å². The van der Waals surface area contributed by atoms with Gasteiger partial charge in [0.15, 0.2) is 12.4 Å². The fourth-order valence-corrected chi connectivity index (χ4v) is 3.37. The molecule has 4 atom stereocenters. The zero-order valence-corrected chi connectivity index (χ0v) is 16.5. The average molecular weight is 460 g/mol. The second-order valence-corrected chi connectivity index (χ2v) is 7.97. The van der Waals surface area contributed by atoms with Crippen molar-refractivity contribution in [3.63, 3.8) is 0 Å². The SMILES string of the molecule is Nc1nc(=O)n([C@@H]2O[C@H](COP(=O)(O)O)[C@@H](O)[C@@H]2F)cc1Cc1ccc([N+](=O)[O-])cc1. The number of hydrogen-bond acceptors (Lipinski definition) is 9. The Bertz CT molecular complexity index is 1070. The fourth-order valence-electron chi connectivity index (χ4n) is 3.03. The third kappa shape index (κ3) is 5.31. The highest BCUT2D eigenvalue weighted by Crippen LogP contribution is 2.39. The second-order valence-electron chi connectivity index (χ2n) is 6.73. The third-order valence-electron chi connectivity index (χ3n) is 4.58. The molecule has 1 aliphatic heterocycles. The monoisotopic (exact) mass is 460 g/mol. The van der Waals surface area contributed by atoms with E-state index >= 15 is 0 Å². The van der Waals surface area contributed by atoms with Gasteiger partial charge in [0, 0.05) is 30.3 Å². The predicted octanol–water partition coefficient (Wildman–Crippen LogP) is 0.0302. The molecule has 31 heavy (non-hydrogen) atoms. The number of halogens is 1. The Morgan fingerprint density at radius 2 is 2.00 bits per heavy atom. The largest absolute Gasteiger partial charge is 0.469 e. The molecule has 0 aliphatic carbocycles. The van der Waals surface area contributed by atoms with E-state index in [0.717, 1.165) is 4.57 Å². The molecule has 0 saturated carbocycles. The molecule has 0 unspecified atom stereocenters. The molecule has 0 amide bonds. The number of anilines is 1. The van der Waals surface area contributed by atoms with Crippen molar-refractivity contribution in [3.8, 4) is 0 Å². The molecular weight excluding hydrogens is 442 g/mol. The van der Waals surface area contributed by atoms with Crippen molar-refractivity contribution in [2.45, 2.75) is 31.0 Å². The fraction of sp³-hybridized carbons (Fsp3) is 0.375. The zero-order valence-electron chi connectivity index (χ0n) is 15.6. The molecule has 1 aliphatic rings. The van der Waals surface area contributed by atoms with Crippen molar-refractivity contribution in [2.75, 3.05) is 12.3 Å². The van der Waals surface area contributed by atoms with E-state index in [9.17, 15) is 29.0 Å². The smallest absolute Gasteiger partial charge is 0.387 e. The number of aliphatic hydroxyl groups excluding tert-OH is 1. The Kier molecular flexibility index (Phi) is 6.50. The van der Waals surface area contributed by atoms with Crippen LogP contribution in [0.2, 0.25) is 0 Å². The number of nitro groups is 1. The number of nitrogens with zero attached hydrogens (tertiary/aromatic N) is 3. The summed E-state index contributed by atoms with van der Waals surface area (Å²) in [6, 6.07) is 5.54. The van der Waals surface area contributed by atoms with Gasteiger partial charge in [0.05, 0.1) is 11.5 Å². The second kappa shape index (κ2) is 8.78. The summed E-state index contributed by atoms with van der Waals surface area (Å²) in [7, 11) is -4.88. The molecule has 0 bridgehead atoms. The van der Waals surface area contributed by atoms with Crippen LogP contribution in [0.1, 0.15) is 17.4 Å². The maximum absolute atomic E-state index is 14.6. The van der Waals surface area contributed by atoms with Gasteiger partial charge in [0.25, 0.3) is 5.69 Å². The van der Waals surface area contributed by atoms with E-state index in [2.05, 4.69) is 9.51 Å². The molecule has 1 saturated heterocycles. The van der Waals surface area contributed by atoms with E-state index in [1.54, 1.807) is 0 Å². The predicted molar refractivity (Wildman–Crippen MR) is 102 cm³/mol. The van der Waals surface area contributed by atoms with E-state index in [-0.39, 0.29) is 23.5 Å². The van der Waals surface area contributed by atoms with Crippen molar-refractivity contribution in [1.29, 1.82) is 0 Å². The number of rotatable bonds is 7. The summed E-state index contributed by atoms with van der Waals surface area (Å²) in [5.41, 5.74) is 5.58. The highest BCUT2D eigenvalue weighted by molar-refractivity contribution is 7.46. The maximum atomic E-state index is 14.6. The van der Waals surface area contributed by atoms with Crippen molar-refractivity contribution < 1.29 is 38.0 Å². The van der Waals surface area contributed by atoms with Crippen LogP contribution < -0.4 is 11.4 Å². The van der Waals surface area contributed by atoms with Gasteiger partial charge < -0.3 is 25.4 Å². The number of nitro benzene ring substituents is 1. The van der Waals surface area contributed by atoms with E-state index in [4.69, 9.17) is 20.3 Å². The minimum absolute atomic E-state index is 0.105. The van der Waals surface area contributed by atoms with Crippen LogP contribution in [-0.4, -0.2) is 54.4 Å². The zero-order chi connectivity index (χ0) is 22.9. The van der Waals surface area contributed by atoms with Gasteiger partial charge in [-0.2, -0.15) is 4.98 Å². The van der Waals surface area contributed by atoms with Crippen molar-refractivity contribution in [2.24, 2.45) is 0 Å². The first-order valence-corrected chi connectivity index (χ1v) is 10.3. The maximum Gasteiger partial charge on any atom is 0.469 e. The third-order valence-corrected chi connectivity index (χ3v) is 5.06. The summed E-state index contributed by atoms with van der Waals surface area (Å²) in [5, 5.41) is 20.7. The minimum Gasteiger partial charge on any atom is -0.387 e. The number of hydrogen-bond donors (Lipinski definition) is 4. The van der Waals surface area contributed by atoms with Crippen LogP contribution in [0.3, 0.4) is 0 Å². The van der Waals surface area contributed by atoms with Crippen LogP contribution in [0.15, 0.2) is 35.3 Å². The number of phosphoric ester groups is 1. The molecule has 168 valence electrons. The molecule has 1 aromatic carbocycles. The molecule has 5 N–H and O–H groups in total. The standard InChI is InChI=1S/C16H18FN4O9P/c17-12-13(22)11(7-29-31(26,27)28)30-15(12)20-6-9(14(18)19-16(20)23)5-8-1-3-10(4-2-8)21(24)25/h1-4,6,11-13,15,22H,5,7H2,(H2,18,19,23)(H2,26,27,28)/t11-,12+,13-,15-/m1/s1. The minimum atomic E-state index is -4.88. The molecule has 0 spiro atoms. The summed E-state index contributed by atoms with van der Waals surface area (Å²) in [5.74, 6) is -0.144. The lowest BCUT2D eigenvalue weighted by molar-refractivity contribution is -0.384. The number of phosphoric acid groups is 1. The molecule has 13 nitrogen and oxygen atoms in total. The lowest BCUT2D eigenvalue weighted by Gasteiger charge is -2.18. The Labute approximate surface area is 173 Å². The van der Waals surface area contributed by atoms with Crippen molar-refractivity contribution >= 4 is 19.3 Å². The van der Waals surface area contributed by atoms with E-state index in [0.29, 0.717) is 5.56 Å². The van der Waals surface area contributed by atoms with Crippen molar-refractivity contribution in [3.05, 3.63) is 62.2 Å². The van der Waals surface area contributed by atoms with Gasteiger partial charge in [-0.1, -0.05) is 12.1 Å². The van der Waals surface area contributed by atoms with Gasteiger partial charge in [-0.25, -0.2) is 13.8 Å². The average Bonchev–Trinajstić information content (AvgIpc) is 2.96. The Morgan fingerprint density at radius 1 is 1.35 bits per heavy atom. The summed E-state index contributed by atoms with van der Waals surface area (Å²) >= 11 is 0. The van der Waals surface area contributed by atoms with Crippen LogP contribution in [0.5, 0.6) is 0 Å². The lowest BCUT2D eigenvalue weighted by atomic mass is 10.1. The molecule has 15 heteroatoms. The Morgan fingerprint density at radius 3 is 2.58 bits per heavy atom. The molecule has 2 aromatic rings. The normalized spacial score (nSPS) is 23.7. The van der Waals surface area contributed by atoms with Crippen LogP contribution >= 0.6 is 7.82 Å². The Balaban J connectivity index is 1.84. The van der Waals surface area contributed by atoms with Gasteiger partial charge >= 0.3 is 13.5 Å². The first kappa shape index (κ1) is 22.9. The summed E-state index contributed by atoms with van der Waals surface area (Å²) in [6.45, 7) is -0.810. The highest BCUT2D eigenvalue weighted by Gasteiger charge is 2.46. The molecule has 1 fully saturated rings. The highest BCUT2D eigenvalue weighted by atomic mass is 31.2. The molecular formula is C16H18FN4O9P. The van der Waals surface area contributed by atoms with Crippen LogP contribution in [0.4, 0.5) is 15.9 Å². The molecule has 0 radical (unpaired) electrons. The van der Waals surface area contributed by atoms with E-state index < -0.39 is 49.7 Å². The van der Waals surface area contributed by atoms with Gasteiger partial charge in [0.1, 0.15) is 18.0 Å². The van der Waals surface area contributed by atoms with Crippen LogP contribution in [0, 0.1) is 10.1 Å². The van der Waals surface area contributed by atoms with E-state index in [1.165, 1.54) is 30.5 Å². The molecule has 2 heterocycles. The van der Waals surface area contributed by atoms with Crippen molar-refractivity contribution in [1.82, 2.24) is 9.55 Å². The quantitative estimate of drug-likeness (QED) is 0.247. The van der Waals surface area contributed by atoms with Gasteiger partial charge in [-0.15, -0.1) is 0 Å². The summed E-state index contributed by atoms with van der Waals surface area (Å²) < 4.78 is 35.7. The summed E-state index contributed by atoms with van der Waals surface area (Å²) in [4.78, 5) is 43.6. The number of ether oxygens (including phenoxy) is 1. The van der Waals surface area contributed by atoms with Gasteiger partial charge in [-0.05, 0) is 5.56 Å². The number of nitrogens with two attached hydrogens (primary N) is 1. The molecule has 1 aromatic heterocycles. The first-order valence-electron chi connectivity index (χ1n) is 8.75. The number of non-ortho nitro benzene ring substituents is 1.